The quantitative estimate of drug-likeness (QED) is 0.646. The predicted molar refractivity (Wildman–Crippen MR) is 81.2 cm³/mol. The zero-order valence-corrected chi connectivity index (χ0v) is 12.7. The Morgan fingerprint density at radius 3 is 2.21 bits per heavy atom. The molecule has 1 aromatic carbocycles. The maximum absolute atomic E-state index is 13.2. The van der Waals surface area contributed by atoms with Gasteiger partial charge in [-0.1, -0.05) is 19.8 Å². The van der Waals surface area contributed by atoms with E-state index in [0.29, 0.717) is 0 Å². The van der Waals surface area contributed by atoms with Crippen LogP contribution in [0.4, 0.5) is 4.39 Å². The molecule has 19 heavy (non-hydrogen) atoms. The van der Waals surface area contributed by atoms with Gasteiger partial charge in [0.15, 0.2) is 0 Å². The smallest absolute Gasteiger partial charge is 0.123 e. The summed E-state index contributed by atoms with van der Waals surface area (Å²) in [6.07, 6.45) is 7.33. The van der Waals surface area contributed by atoms with E-state index in [9.17, 15) is 4.39 Å². The Hall–Kier alpha value is -0.890. The summed E-state index contributed by atoms with van der Waals surface area (Å²) >= 11 is 0. The van der Waals surface area contributed by atoms with Crippen molar-refractivity contribution in [1.82, 2.24) is 5.32 Å². The van der Waals surface area contributed by atoms with Gasteiger partial charge in [0.25, 0.3) is 0 Å². The predicted octanol–water partition coefficient (Wildman–Crippen LogP) is 4.55. The Morgan fingerprint density at radius 2 is 1.58 bits per heavy atom. The van der Waals surface area contributed by atoms with Crippen molar-refractivity contribution in [2.24, 2.45) is 0 Å². The summed E-state index contributed by atoms with van der Waals surface area (Å²) in [5.74, 6) is -0.110. The van der Waals surface area contributed by atoms with Crippen molar-refractivity contribution < 1.29 is 4.39 Å². The van der Waals surface area contributed by atoms with Crippen LogP contribution < -0.4 is 5.32 Å². The first-order valence-electron chi connectivity index (χ1n) is 7.61. The fourth-order valence-electron chi connectivity index (χ4n) is 2.54. The molecule has 0 saturated carbocycles. The van der Waals surface area contributed by atoms with Gasteiger partial charge >= 0.3 is 0 Å². The SMILES string of the molecule is CCCNCCCCCCc1c(C)cc(F)cc1C. The van der Waals surface area contributed by atoms with Crippen LogP contribution in [0.2, 0.25) is 0 Å². The molecule has 1 aromatic rings. The number of nitrogens with one attached hydrogen (secondary N) is 1. The molecule has 0 fully saturated rings. The zero-order valence-electron chi connectivity index (χ0n) is 12.7. The summed E-state index contributed by atoms with van der Waals surface area (Å²) in [5.41, 5.74) is 3.54. The second kappa shape index (κ2) is 9.08. The number of rotatable bonds is 9. The van der Waals surface area contributed by atoms with Gasteiger partial charge in [0, 0.05) is 0 Å². The molecule has 0 atom stereocenters. The van der Waals surface area contributed by atoms with E-state index in [1.54, 1.807) is 12.1 Å². The molecular weight excluding hydrogens is 237 g/mol. The summed E-state index contributed by atoms with van der Waals surface area (Å²) in [4.78, 5) is 0. The molecule has 1 rings (SSSR count). The van der Waals surface area contributed by atoms with Gasteiger partial charge in [-0.05, 0) is 81.4 Å². The lowest BCUT2D eigenvalue weighted by molar-refractivity contribution is 0.583. The Kier molecular flexibility index (Phi) is 7.73. The zero-order chi connectivity index (χ0) is 14.1. The fraction of sp³-hybridized carbons (Fsp3) is 0.647. The molecule has 2 heteroatoms. The molecule has 0 amide bonds. The third-order valence-electron chi connectivity index (χ3n) is 3.62. The highest BCUT2D eigenvalue weighted by atomic mass is 19.1. The molecule has 0 aliphatic rings. The molecular formula is C17H28FN. The van der Waals surface area contributed by atoms with Crippen LogP contribution in [0.3, 0.4) is 0 Å². The molecule has 0 saturated heterocycles. The van der Waals surface area contributed by atoms with E-state index in [-0.39, 0.29) is 5.82 Å². The van der Waals surface area contributed by atoms with Crippen LogP contribution in [0.15, 0.2) is 12.1 Å². The van der Waals surface area contributed by atoms with Crippen molar-refractivity contribution in [1.29, 1.82) is 0 Å². The fourth-order valence-corrected chi connectivity index (χ4v) is 2.54. The Labute approximate surface area is 117 Å². The van der Waals surface area contributed by atoms with Crippen molar-refractivity contribution in [3.8, 4) is 0 Å². The van der Waals surface area contributed by atoms with Crippen molar-refractivity contribution in [3.05, 3.63) is 34.6 Å². The van der Waals surface area contributed by atoms with Gasteiger partial charge in [-0.2, -0.15) is 0 Å². The molecule has 0 aromatic heterocycles. The van der Waals surface area contributed by atoms with Crippen LogP contribution in [-0.4, -0.2) is 13.1 Å². The summed E-state index contributed by atoms with van der Waals surface area (Å²) < 4.78 is 13.2. The van der Waals surface area contributed by atoms with E-state index in [4.69, 9.17) is 0 Å². The lowest BCUT2D eigenvalue weighted by atomic mass is 9.97. The molecule has 108 valence electrons. The summed E-state index contributed by atoms with van der Waals surface area (Å²) in [6.45, 7) is 8.50. The average Bonchev–Trinajstić information content (AvgIpc) is 2.35. The Balaban J connectivity index is 2.19. The minimum Gasteiger partial charge on any atom is -0.317 e. The standard InChI is InChI=1S/C17H28FN/c1-4-10-19-11-8-6-5-7-9-17-14(2)12-16(18)13-15(17)3/h12-13,19H,4-11H2,1-3H3. The average molecular weight is 265 g/mol. The Morgan fingerprint density at radius 1 is 0.947 bits per heavy atom. The number of benzene rings is 1. The van der Waals surface area contributed by atoms with Crippen LogP contribution in [0.25, 0.3) is 0 Å². The molecule has 1 nitrogen and oxygen atoms in total. The number of hydrogen-bond acceptors (Lipinski definition) is 1. The molecule has 0 radical (unpaired) electrons. The summed E-state index contributed by atoms with van der Waals surface area (Å²) in [7, 11) is 0. The monoisotopic (exact) mass is 265 g/mol. The second-order valence-electron chi connectivity index (χ2n) is 5.43. The minimum absolute atomic E-state index is 0.110. The minimum atomic E-state index is -0.110. The van der Waals surface area contributed by atoms with E-state index in [2.05, 4.69) is 12.2 Å². The molecule has 0 spiro atoms. The van der Waals surface area contributed by atoms with Crippen molar-refractivity contribution in [2.45, 2.75) is 59.3 Å². The highest BCUT2D eigenvalue weighted by Gasteiger charge is 2.04. The number of halogens is 1. The highest BCUT2D eigenvalue weighted by molar-refractivity contribution is 5.34. The maximum Gasteiger partial charge on any atom is 0.123 e. The highest BCUT2D eigenvalue weighted by Crippen LogP contribution is 2.18. The van der Waals surface area contributed by atoms with Crippen molar-refractivity contribution in [3.63, 3.8) is 0 Å². The number of hydrogen-bond donors (Lipinski definition) is 1. The van der Waals surface area contributed by atoms with Gasteiger partial charge < -0.3 is 5.32 Å². The third-order valence-corrected chi connectivity index (χ3v) is 3.62. The molecule has 0 heterocycles. The molecule has 0 aliphatic carbocycles. The second-order valence-corrected chi connectivity index (χ2v) is 5.43. The van der Waals surface area contributed by atoms with Gasteiger partial charge in [0.1, 0.15) is 5.82 Å². The van der Waals surface area contributed by atoms with Crippen LogP contribution in [0, 0.1) is 19.7 Å². The molecule has 1 N–H and O–H groups in total. The van der Waals surface area contributed by atoms with E-state index in [1.807, 2.05) is 13.8 Å². The number of unbranched alkanes of at least 4 members (excludes halogenated alkanes) is 3. The molecule has 0 bridgehead atoms. The van der Waals surface area contributed by atoms with Gasteiger partial charge in [-0.15, -0.1) is 0 Å². The van der Waals surface area contributed by atoms with Crippen molar-refractivity contribution >= 4 is 0 Å². The van der Waals surface area contributed by atoms with E-state index < -0.39 is 0 Å². The van der Waals surface area contributed by atoms with Gasteiger partial charge in [-0.3, -0.25) is 0 Å². The van der Waals surface area contributed by atoms with Gasteiger partial charge in [-0.25, -0.2) is 4.39 Å². The molecule has 0 unspecified atom stereocenters. The third kappa shape index (κ3) is 6.20. The first-order valence-corrected chi connectivity index (χ1v) is 7.61. The molecule has 0 aliphatic heterocycles. The first kappa shape index (κ1) is 16.2. The summed E-state index contributed by atoms with van der Waals surface area (Å²) in [6, 6.07) is 3.30. The Bertz CT molecular complexity index is 351. The van der Waals surface area contributed by atoms with Crippen LogP contribution in [0.5, 0.6) is 0 Å². The van der Waals surface area contributed by atoms with E-state index >= 15 is 0 Å². The maximum atomic E-state index is 13.2. The summed E-state index contributed by atoms with van der Waals surface area (Å²) in [5, 5.41) is 3.43. The van der Waals surface area contributed by atoms with E-state index in [1.165, 1.54) is 37.7 Å². The van der Waals surface area contributed by atoms with Crippen molar-refractivity contribution in [2.75, 3.05) is 13.1 Å². The van der Waals surface area contributed by atoms with E-state index in [0.717, 1.165) is 30.6 Å². The van der Waals surface area contributed by atoms with Gasteiger partial charge in [0.2, 0.25) is 0 Å². The first-order chi connectivity index (χ1) is 9.15. The normalized spacial score (nSPS) is 10.9. The lowest BCUT2D eigenvalue weighted by Gasteiger charge is -2.10. The van der Waals surface area contributed by atoms with Crippen LogP contribution in [0.1, 0.15) is 55.7 Å². The lowest BCUT2D eigenvalue weighted by Crippen LogP contribution is -2.15. The number of aryl methyl sites for hydroxylation is 2. The van der Waals surface area contributed by atoms with Crippen LogP contribution >= 0.6 is 0 Å². The van der Waals surface area contributed by atoms with Crippen LogP contribution in [-0.2, 0) is 6.42 Å². The largest absolute Gasteiger partial charge is 0.317 e. The topological polar surface area (TPSA) is 12.0 Å². The van der Waals surface area contributed by atoms with Gasteiger partial charge in [0.05, 0.1) is 0 Å².